The smallest absolute Gasteiger partial charge is 0.127 e. The van der Waals surface area contributed by atoms with Crippen LogP contribution in [0.15, 0.2) is 23.7 Å². The monoisotopic (exact) mass is 306 g/mol. The number of nitrogens with zero attached hydrogens (tertiary/aromatic N) is 1. The third kappa shape index (κ3) is 4.44. The van der Waals surface area contributed by atoms with Gasteiger partial charge in [-0.2, -0.15) is 0 Å². The molecule has 0 spiro atoms. The van der Waals surface area contributed by atoms with Gasteiger partial charge in [0.2, 0.25) is 0 Å². The number of hydrogen-bond donors (Lipinski definition) is 1. The molecule has 0 aliphatic carbocycles. The topological polar surface area (TPSA) is 57.4 Å². The summed E-state index contributed by atoms with van der Waals surface area (Å²) in [4.78, 5) is 5.51. The minimum atomic E-state index is 0.461. The van der Waals surface area contributed by atoms with Crippen molar-refractivity contribution in [2.24, 2.45) is 5.73 Å². The van der Waals surface area contributed by atoms with Crippen LogP contribution in [0.25, 0.3) is 0 Å². The molecule has 114 valence electrons. The number of ether oxygens (including phenoxy) is 2. The summed E-state index contributed by atoms with van der Waals surface area (Å²) in [6, 6.07) is 5.84. The summed E-state index contributed by atoms with van der Waals surface area (Å²) in [6.45, 7) is 5.90. The highest BCUT2D eigenvalue weighted by Crippen LogP contribution is 2.25. The van der Waals surface area contributed by atoms with Gasteiger partial charge < -0.3 is 15.2 Å². The van der Waals surface area contributed by atoms with Gasteiger partial charge in [-0.15, -0.1) is 11.3 Å². The summed E-state index contributed by atoms with van der Waals surface area (Å²) in [5.41, 5.74) is 9.72. The highest BCUT2D eigenvalue weighted by molar-refractivity contribution is 7.09. The lowest BCUT2D eigenvalue weighted by Crippen LogP contribution is -2.06. The molecule has 5 heteroatoms. The molecule has 2 rings (SSSR count). The SMILES string of the molecule is CCCOc1ccc(CN)c(OCCc2scnc2C)c1. The minimum absolute atomic E-state index is 0.461. The number of rotatable bonds is 8. The molecule has 0 amide bonds. The highest BCUT2D eigenvalue weighted by Gasteiger charge is 2.07. The molecule has 0 saturated heterocycles. The molecule has 2 N–H and O–H groups in total. The second kappa shape index (κ2) is 8.00. The fourth-order valence-electron chi connectivity index (χ4n) is 1.97. The number of thiazole rings is 1. The van der Waals surface area contributed by atoms with Gasteiger partial charge in [-0.1, -0.05) is 13.0 Å². The van der Waals surface area contributed by atoms with Crippen molar-refractivity contribution in [2.45, 2.75) is 33.2 Å². The summed E-state index contributed by atoms with van der Waals surface area (Å²) in [5.74, 6) is 1.64. The quantitative estimate of drug-likeness (QED) is 0.813. The Hall–Kier alpha value is -1.59. The molecule has 0 saturated carbocycles. The molecule has 4 nitrogen and oxygen atoms in total. The molecule has 1 aromatic heterocycles. The number of aryl methyl sites for hydroxylation is 1. The van der Waals surface area contributed by atoms with Gasteiger partial charge in [-0.25, -0.2) is 4.98 Å². The van der Waals surface area contributed by atoms with E-state index in [4.69, 9.17) is 15.2 Å². The average molecular weight is 306 g/mol. The largest absolute Gasteiger partial charge is 0.493 e. The summed E-state index contributed by atoms with van der Waals surface area (Å²) < 4.78 is 11.5. The number of hydrogen-bond acceptors (Lipinski definition) is 5. The fourth-order valence-corrected chi connectivity index (χ4v) is 2.73. The zero-order valence-corrected chi connectivity index (χ0v) is 13.4. The van der Waals surface area contributed by atoms with Crippen molar-refractivity contribution in [3.63, 3.8) is 0 Å². The van der Waals surface area contributed by atoms with Crippen molar-refractivity contribution in [1.29, 1.82) is 0 Å². The number of nitrogens with two attached hydrogens (primary N) is 1. The minimum Gasteiger partial charge on any atom is -0.493 e. The van der Waals surface area contributed by atoms with Crippen molar-refractivity contribution in [2.75, 3.05) is 13.2 Å². The Labute approximate surface area is 129 Å². The maximum absolute atomic E-state index is 5.90. The van der Waals surface area contributed by atoms with Crippen molar-refractivity contribution >= 4 is 11.3 Å². The van der Waals surface area contributed by atoms with Gasteiger partial charge in [-0.3, -0.25) is 0 Å². The maximum atomic E-state index is 5.90. The summed E-state index contributed by atoms with van der Waals surface area (Å²) in [6.07, 6.45) is 1.85. The van der Waals surface area contributed by atoms with Gasteiger partial charge in [0.25, 0.3) is 0 Å². The molecule has 1 heterocycles. The van der Waals surface area contributed by atoms with Gasteiger partial charge in [0, 0.05) is 29.5 Å². The molecule has 0 unspecified atom stereocenters. The van der Waals surface area contributed by atoms with E-state index in [0.717, 1.165) is 35.6 Å². The van der Waals surface area contributed by atoms with E-state index in [-0.39, 0.29) is 0 Å². The zero-order chi connectivity index (χ0) is 15.1. The first-order valence-corrected chi connectivity index (χ1v) is 8.10. The highest BCUT2D eigenvalue weighted by atomic mass is 32.1. The summed E-state index contributed by atoms with van der Waals surface area (Å²) in [5, 5.41) is 0. The molecule has 0 aliphatic rings. The average Bonchev–Trinajstić information content (AvgIpc) is 2.91. The molecule has 21 heavy (non-hydrogen) atoms. The van der Waals surface area contributed by atoms with E-state index in [0.29, 0.717) is 19.8 Å². The van der Waals surface area contributed by atoms with E-state index in [1.807, 2.05) is 30.6 Å². The van der Waals surface area contributed by atoms with E-state index in [1.54, 1.807) is 11.3 Å². The lowest BCUT2D eigenvalue weighted by molar-refractivity contribution is 0.302. The van der Waals surface area contributed by atoms with Crippen LogP contribution in [-0.4, -0.2) is 18.2 Å². The van der Waals surface area contributed by atoms with Crippen LogP contribution in [0, 0.1) is 6.92 Å². The van der Waals surface area contributed by atoms with E-state index in [2.05, 4.69) is 11.9 Å². The van der Waals surface area contributed by atoms with E-state index < -0.39 is 0 Å². The van der Waals surface area contributed by atoms with Crippen molar-refractivity contribution in [3.05, 3.63) is 39.8 Å². The first-order chi connectivity index (χ1) is 10.2. The Bertz CT molecular complexity index is 569. The van der Waals surface area contributed by atoms with Crippen molar-refractivity contribution in [3.8, 4) is 11.5 Å². The van der Waals surface area contributed by atoms with Crippen LogP contribution in [0.2, 0.25) is 0 Å². The van der Waals surface area contributed by atoms with Gasteiger partial charge >= 0.3 is 0 Å². The van der Waals surface area contributed by atoms with Gasteiger partial charge in [0.1, 0.15) is 11.5 Å². The van der Waals surface area contributed by atoms with Crippen LogP contribution < -0.4 is 15.2 Å². The first kappa shape index (κ1) is 15.8. The van der Waals surface area contributed by atoms with Gasteiger partial charge in [0.15, 0.2) is 0 Å². The number of aromatic nitrogens is 1. The lowest BCUT2D eigenvalue weighted by atomic mass is 10.2. The zero-order valence-electron chi connectivity index (χ0n) is 12.6. The van der Waals surface area contributed by atoms with Crippen LogP contribution in [0.3, 0.4) is 0 Å². The second-order valence-corrected chi connectivity index (χ2v) is 5.72. The molecule has 0 bridgehead atoms. The molecule has 0 atom stereocenters. The Morgan fingerprint density at radius 3 is 2.76 bits per heavy atom. The van der Waals surface area contributed by atoms with E-state index in [1.165, 1.54) is 4.88 Å². The molecular formula is C16H22N2O2S. The first-order valence-electron chi connectivity index (χ1n) is 7.22. The summed E-state index contributed by atoms with van der Waals surface area (Å²) in [7, 11) is 0. The van der Waals surface area contributed by atoms with Gasteiger partial charge in [-0.05, 0) is 19.4 Å². The Balaban J connectivity index is 1.98. The Morgan fingerprint density at radius 2 is 2.10 bits per heavy atom. The predicted octanol–water partition coefficient (Wildman–Crippen LogP) is 3.32. The van der Waals surface area contributed by atoms with Gasteiger partial charge in [0.05, 0.1) is 24.4 Å². The van der Waals surface area contributed by atoms with E-state index in [9.17, 15) is 0 Å². The second-order valence-electron chi connectivity index (χ2n) is 4.78. The van der Waals surface area contributed by atoms with E-state index >= 15 is 0 Å². The number of benzene rings is 1. The van der Waals surface area contributed by atoms with Crippen LogP contribution in [0.1, 0.15) is 29.5 Å². The third-order valence-corrected chi connectivity index (χ3v) is 4.16. The van der Waals surface area contributed by atoms with Crippen LogP contribution in [-0.2, 0) is 13.0 Å². The normalized spacial score (nSPS) is 10.6. The van der Waals surface area contributed by atoms with Crippen LogP contribution in [0.4, 0.5) is 0 Å². The molecule has 1 aromatic carbocycles. The fraction of sp³-hybridized carbons (Fsp3) is 0.438. The Kier molecular flexibility index (Phi) is 6.02. The summed E-state index contributed by atoms with van der Waals surface area (Å²) >= 11 is 1.67. The molecule has 0 fully saturated rings. The van der Waals surface area contributed by atoms with Crippen molar-refractivity contribution in [1.82, 2.24) is 4.98 Å². The maximum Gasteiger partial charge on any atom is 0.127 e. The molecular weight excluding hydrogens is 284 g/mol. The van der Waals surface area contributed by atoms with Crippen LogP contribution in [0.5, 0.6) is 11.5 Å². The molecule has 0 aliphatic heterocycles. The van der Waals surface area contributed by atoms with Crippen LogP contribution >= 0.6 is 11.3 Å². The predicted molar refractivity (Wildman–Crippen MR) is 86.2 cm³/mol. The lowest BCUT2D eigenvalue weighted by Gasteiger charge is -2.12. The Morgan fingerprint density at radius 1 is 1.24 bits per heavy atom. The molecule has 2 aromatic rings. The molecule has 0 radical (unpaired) electrons. The van der Waals surface area contributed by atoms with Crippen molar-refractivity contribution < 1.29 is 9.47 Å². The third-order valence-electron chi connectivity index (χ3n) is 3.16. The standard InChI is InChI=1S/C16H22N2O2S/c1-3-7-19-14-5-4-13(10-17)15(9-14)20-8-6-16-12(2)18-11-21-16/h4-5,9,11H,3,6-8,10,17H2,1-2H3.